The molecular formula is C18H24N2. The highest BCUT2D eigenvalue weighted by Crippen LogP contribution is 2.26. The molecule has 2 aromatic rings. The van der Waals surface area contributed by atoms with Crippen LogP contribution < -0.4 is 11.1 Å². The van der Waals surface area contributed by atoms with Gasteiger partial charge in [-0.05, 0) is 48.2 Å². The van der Waals surface area contributed by atoms with Crippen LogP contribution in [0.1, 0.15) is 48.9 Å². The third-order valence-electron chi connectivity index (χ3n) is 3.98. The molecule has 0 bridgehead atoms. The second-order valence-corrected chi connectivity index (χ2v) is 5.37. The molecule has 0 aliphatic carbocycles. The van der Waals surface area contributed by atoms with Gasteiger partial charge < -0.3 is 11.1 Å². The number of hydrogen-bond donors (Lipinski definition) is 2. The summed E-state index contributed by atoms with van der Waals surface area (Å²) in [5, 5.41) is 3.37. The van der Waals surface area contributed by atoms with Gasteiger partial charge in [0.2, 0.25) is 0 Å². The van der Waals surface area contributed by atoms with Crippen molar-refractivity contribution in [3.05, 3.63) is 65.2 Å². The first-order valence-corrected chi connectivity index (χ1v) is 7.28. The zero-order valence-electron chi connectivity index (χ0n) is 12.6. The Morgan fingerprint density at radius 1 is 1.00 bits per heavy atom. The van der Waals surface area contributed by atoms with Crippen molar-refractivity contribution in [2.75, 3.05) is 12.8 Å². The lowest BCUT2D eigenvalue weighted by atomic mass is 9.93. The Hall–Kier alpha value is -1.80. The highest BCUT2D eigenvalue weighted by Gasteiger charge is 2.12. The standard InChI is InChI=1S/C18H24N2/c1-4-13(2)14-8-10-15(11-9-14)18(20-3)16-6-5-7-17(19)12-16/h5-13,18,20H,4,19H2,1-3H3. The molecule has 0 radical (unpaired) electrons. The highest BCUT2D eigenvalue weighted by molar-refractivity contribution is 5.44. The minimum Gasteiger partial charge on any atom is -0.399 e. The number of benzene rings is 2. The molecule has 0 amide bonds. The van der Waals surface area contributed by atoms with E-state index in [0.29, 0.717) is 5.92 Å². The van der Waals surface area contributed by atoms with Gasteiger partial charge in [-0.25, -0.2) is 0 Å². The van der Waals surface area contributed by atoms with Crippen LogP contribution in [0.2, 0.25) is 0 Å². The highest BCUT2D eigenvalue weighted by atomic mass is 14.9. The van der Waals surface area contributed by atoms with Gasteiger partial charge >= 0.3 is 0 Å². The van der Waals surface area contributed by atoms with Gasteiger partial charge in [-0.3, -0.25) is 0 Å². The molecule has 2 heteroatoms. The van der Waals surface area contributed by atoms with Crippen molar-refractivity contribution in [3.63, 3.8) is 0 Å². The lowest BCUT2D eigenvalue weighted by Gasteiger charge is -2.19. The largest absolute Gasteiger partial charge is 0.399 e. The number of hydrogen-bond acceptors (Lipinski definition) is 2. The molecule has 2 nitrogen and oxygen atoms in total. The minimum atomic E-state index is 0.185. The van der Waals surface area contributed by atoms with E-state index in [1.54, 1.807) is 0 Å². The Morgan fingerprint density at radius 3 is 2.20 bits per heavy atom. The lowest BCUT2D eigenvalue weighted by Crippen LogP contribution is -2.17. The predicted molar refractivity (Wildman–Crippen MR) is 86.9 cm³/mol. The summed E-state index contributed by atoms with van der Waals surface area (Å²) < 4.78 is 0. The molecule has 0 spiro atoms. The average molecular weight is 268 g/mol. The van der Waals surface area contributed by atoms with Crippen LogP contribution >= 0.6 is 0 Å². The van der Waals surface area contributed by atoms with E-state index in [-0.39, 0.29) is 6.04 Å². The van der Waals surface area contributed by atoms with Gasteiger partial charge in [0.05, 0.1) is 6.04 Å². The van der Waals surface area contributed by atoms with Crippen LogP contribution in [0.5, 0.6) is 0 Å². The molecule has 106 valence electrons. The van der Waals surface area contributed by atoms with Gasteiger partial charge in [0.15, 0.2) is 0 Å². The van der Waals surface area contributed by atoms with E-state index in [2.05, 4.69) is 49.5 Å². The first-order valence-electron chi connectivity index (χ1n) is 7.28. The molecular weight excluding hydrogens is 244 g/mol. The van der Waals surface area contributed by atoms with Crippen molar-refractivity contribution in [3.8, 4) is 0 Å². The molecule has 0 saturated carbocycles. The van der Waals surface area contributed by atoms with Gasteiger partial charge in [0, 0.05) is 5.69 Å². The molecule has 0 saturated heterocycles. The maximum absolute atomic E-state index is 5.88. The van der Waals surface area contributed by atoms with Crippen LogP contribution in [0.4, 0.5) is 5.69 Å². The van der Waals surface area contributed by atoms with Crippen LogP contribution in [0, 0.1) is 0 Å². The topological polar surface area (TPSA) is 38.0 Å². The Bertz CT molecular complexity index is 546. The zero-order valence-corrected chi connectivity index (χ0v) is 12.6. The first-order chi connectivity index (χ1) is 9.65. The van der Waals surface area contributed by atoms with E-state index in [1.165, 1.54) is 23.1 Å². The van der Waals surface area contributed by atoms with Crippen molar-refractivity contribution in [1.82, 2.24) is 5.32 Å². The zero-order chi connectivity index (χ0) is 14.5. The molecule has 2 unspecified atom stereocenters. The summed E-state index contributed by atoms with van der Waals surface area (Å²) in [6.07, 6.45) is 1.17. The van der Waals surface area contributed by atoms with E-state index in [4.69, 9.17) is 5.73 Å². The van der Waals surface area contributed by atoms with Crippen LogP contribution in [0.25, 0.3) is 0 Å². The van der Waals surface area contributed by atoms with Gasteiger partial charge in [0.1, 0.15) is 0 Å². The molecule has 0 fully saturated rings. The van der Waals surface area contributed by atoms with Gasteiger partial charge in [-0.1, -0.05) is 50.2 Å². The maximum Gasteiger partial charge on any atom is 0.0575 e. The summed E-state index contributed by atoms with van der Waals surface area (Å²) in [7, 11) is 1.98. The Labute approximate surface area is 122 Å². The van der Waals surface area contributed by atoms with E-state index >= 15 is 0 Å². The molecule has 0 heterocycles. The maximum atomic E-state index is 5.88. The van der Waals surface area contributed by atoms with Crippen molar-refractivity contribution >= 4 is 5.69 Å². The van der Waals surface area contributed by atoms with Crippen molar-refractivity contribution < 1.29 is 0 Å². The summed E-state index contributed by atoms with van der Waals surface area (Å²) in [4.78, 5) is 0. The van der Waals surface area contributed by atoms with E-state index in [0.717, 1.165) is 5.69 Å². The van der Waals surface area contributed by atoms with Gasteiger partial charge in [-0.15, -0.1) is 0 Å². The smallest absolute Gasteiger partial charge is 0.0575 e. The normalized spacial score (nSPS) is 13.9. The summed E-state index contributed by atoms with van der Waals surface area (Å²) in [6.45, 7) is 4.49. The van der Waals surface area contributed by atoms with Crippen LogP contribution in [-0.2, 0) is 0 Å². The Morgan fingerprint density at radius 2 is 1.65 bits per heavy atom. The summed E-state index contributed by atoms with van der Waals surface area (Å²) in [6, 6.07) is 17.1. The fourth-order valence-electron chi connectivity index (χ4n) is 2.52. The number of rotatable bonds is 5. The second-order valence-electron chi connectivity index (χ2n) is 5.37. The van der Waals surface area contributed by atoms with Gasteiger partial charge in [-0.2, -0.15) is 0 Å². The second kappa shape index (κ2) is 6.58. The monoisotopic (exact) mass is 268 g/mol. The molecule has 0 aromatic heterocycles. The van der Waals surface area contributed by atoms with Crippen LogP contribution in [0.3, 0.4) is 0 Å². The fourth-order valence-corrected chi connectivity index (χ4v) is 2.52. The molecule has 2 rings (SSSR count). The van der Waals surface area contributed by atoms with Crippen LogP contribution in [0.15, 0.2) is 48.5 Å². The number of nitrogens with two attached hydrogens (primary N) is 1. The van der Waals surface area contributed by atoms with Crippen molar-refractivity contribution in [1.29, 1.82) is 0 Å². The fraction of sp³-hybridized carbons (Fsp3) is 0.333. The molecule has 0 aliphatic rings. The predicted octanol–water partition coefficient (Wildman–Crippen LogP) is 4.09. The number of nitrogen functional groups attached to an aromatic ring is 1. The lowest BCUT2D eigenvalue weighted by molar-refractivity contribution is 0.688. The third kappa shape index (κ3) is 3.20. The van der Waals surface area contributed by atoms with E-state index in [9.17, 15) is 0 Å². The number of anilines is 1. The Balaban J connectivity index is 2.28. The summed E-state index contributed by atoms with van der Waals surface area (Å²) in [5.41, 5.74) is 10.6. The molecule has 20 heavy (non-hydrogen) atoms. The quantitative estimate of drug-likeness (QED) is 0.801. The van der Waals surface area contributed by atoms with Crippen LogP contribution in [-0.4, -0.2) is 7.05 Å². The van der Waals surface area contributed by atoms with Gasteiger partial charge in [0.25, 0.3) is 0 Å². The summed E-state index contributed by atoms with van der Waals surface area (Å²) >= 11 is 0. The van der Waals surface area contributed by atoms with E-state index < -0.39 is 0 Å². The number of nitrogens with one attached hydrogen (secondary N) is 1. The SMILES string of the molecule is CCC(C)c1ccc(C(NC)c2cccc(N)c2)cc1. The van der Waals surface area contributed by atoms with E-state index in [1.807, 2.05) is 25.2 Å². The first kappa shape index (κ1) is 14.6. The average Bonchev–Trinajstić information content (AvgIpc) is 2.48. The third-order valence-corrected chi connectivity index (χ3v) is 3.98. The molecule has 2 aromatic carbocycles. The molecule has 3 N–H and O–H groups in total. The van der Waals surface area contributed by atoms with Crippen molar-refractivity contribution in [2.45, 2.75) is 32.2 Å². The molecule has 2 atom stereocenters. The Kier molecular flexibility index (Phi) is 4.80. The molecule has 0 aliphatic heterocycles. The minimum absolute atomic E-state index is 0.185. The summed E-state index contributed by atoms with van der Waals surface area (Å²) in [5.74, 6) is 0.615. The van der Waals surface area contributed by atoms with Crippen molar-refractivity contribution in [2.24, 2.45) is 0 Å².